The van der Waals surface area contributed by atoms with Gasteiger partial charge in [0, 0.05) is 18.4 Å². The molecule has 0 spiro atoms. The molecule has 0 fully saturated rings. The average molecular weight is 370 g/mol. The first-order chi connectivity index (χ1) is 13.7. The molecule has 0 aliphatic carbocycles. The van der Waals surface area contributed by atoms with E-state index in [0.717, 1.165) is 35.5 Å². The van der Waals surface area contributed by atoms with Crippen LogP contribution < -0.4 is 15.2 Å². The molecule has 0 unspecified atom stereocenters. The molecule has 0 amide bonds. The molecule has 1 N–H and O–H groups in total. The van der Waals surface area contributed by atoms with Crippen molar-refractivity contribution in [3.8, 4) is 16.9 Å². The summed E-state index contributed by atoms with van der Waals surface area (Å²) in [4.78, 5) is 27.1. The van der Waals surface area contributed by atoms with Crippen molar-refractivity contribution in [2.45, 2.75) is 6.42 Å². The molecule has 5 rings (SSSR count). The number of nitrogens with one attached hydrogen (secondary N) is 1. The number of para-hydroxylation sites is 1. The van der Waals surface area contributed by atoms with Gasteiger partial charge in [0.1, 0.15) is 5.75 Å². The highest BCUT2D eigenvalue weighted by molar-refractivity contribution is 5.92. The van der Waals surface area contributed by atoms with Gasteiger partial charge in [-0.2, -0.15) is 4.98 Å². The van der Waals surface area contributed by atoms with Crippen molar-refractivity contribution in [3.05, 3.63) is 76.7 Å². The van der Waals surface area contributed by atoms with Crippen LogP contribution in [0.3, 0.4) is 0 Å². The highest BCUT2D eigenvalue weighted by atomic mass is 16.5. The van der Waals surface area contributed by atoms with Gasteiger partial charge in [-0.15, -0.1) is 0 Å². The van der Waals surface area contributed by atoms with E-state index in [4.69, 9.17) is 4.74 Å². The van der Waals surface area contributed by atoms with Crippen molar-refractivity contribution in [3.63, 3.8) is 0 Å². The lowest BCUT2D eigenvalue weighted by Crippen LogP contribution is -2.21. The summed E-state index contributed by atoms with van der Waals surface area (Å²) >= 11 is 0. The zero-order valence-electron chi connectivity index (χ0n) is 15.3. The predicted octanol–water partition coefficient (Wildman–Crippen LogP) is 3.69. The Balaban J connectivity index is 1.67. The summed E-state index contributed by atoms with van der Waals surface area (Å²) in [5, 5.41) is 0.479. The highest BCUT2D eigenvalue weighted by Gasteiger charge is 2.23. The largest absolute Gasteiger partial charge is 0.497 e. The second kappa shape index (κ2) is 6.49. The predicted molar refractivity (Wildman–Crippen MR) is 109 cm³/mol. The lowest BCUT2D eigenvalue weighted by atomic mass is 10.0. The van der Waals surface area contributed by atoms with E-state index in [1.54, 1.807) is 13.3 Å². The van der Waals surface area contributed by atoms with Crippen LogP contribution in [0.4, 0.5) is 11.6 Å². The fourth-order valence-corrected chi connectivity index (χ4v) is 3.77. The van der Waals surface area contributed by atoms with E-state index < -0.39 is 0 Å². The fraction of sp³-hybridized carbons (Fsp3) is 0.136. The fourth-order valence-electron chi connectivity index (χ4n) is 3.77. The van der Waals surface area contributed by atoms with Gasteiger partial charge in [0.15, 0.2) is 5.65 Å². The Hall–Kier alpha value is -3.67. The molecule has 28 heavy (non-hydrogen) atoms. The summed E-state index contributed by atoms with van der Waals surface area (Å²) in [5.41, 5.74) is 4.24. The Bertz CT molecular complexity index is 1250. The van der Waals surface area contributed by atoms with E-state index in [9.17, 15) is 4.79 Å². The topological polar surface area (TPSA) is 71.1 Å². The maximum atomic E-state index is 13.0. The highest BCUT2D eigenvalue weighted by Crippen LogP contribution is 2.33. The lowest BCUT2D eigenvalue weighted by Gasteiger charge is -2.18. The van der Waals surface area contributed by atoms with Crippen molar-refractivity contribution in [2.75, 3.05) is 18.6 Å². The first kappa shape index (κ1) is 16.5. The van der Waals surface area contributed by atoms with E-state index in [0.29, 0.717) is 17.0 Å². The maximum Gasteiger partial charge on any atom is 0.262 e. The molecular weight excluding hydrogens is 352 g/mol. The summed E-state index contributed by atoms with van der Waals surface area (Å²) in [7, 11) is 1.62. The third kappa shape index (κ3) is 2.62. The molecule has 1 aliphatic heterocycles. The zero-order valence-corrected chi connectivity index (χ0v) is 15.3. The second-order valence-electron chi connectivity index (χ2n) is 6.71. The molecule has 3 heterocycles. The van der Waals surface area contributed by atoms with Crippen LogP contribution in [0.5, 0.6) is 5.75 Å². The van der Waals surface area contributed by atoms with Gasteiger partial charge in [0.05, 0.1) is 12.5 Å². The normalized spacial score (nSPS) is 13.0. The number of methoxy groups -OCH3 is 1. The average Bonchev–Trinajstić information content (AvgIpc) is 3.17. The number of ether oxygens (including phenoxy) is 1. The SMILES string of the molecule is COc1cccc(-c2ccnc3nc(N4CCc5ccccc54)[nH]c(=O)c23)c1. The van der Waals surface area contributed by atoms with Gasteiger partial charge in [-0.05, 0) is 47.4 Å². The number of fused-ring (bicyclic) bond motifs is 2. The van der Waals surface area contributed by atoms with Gasteiger partial charge >= 0.3 is 0 Å². The van der Waals surface area contributed by atoms with Gasteiger partial charge in [-0.25, -0.2) is 4.98 Å². The number of hydrogen-bond donors (Lipinski definition) is 1. The molecule has 6 nitrogen and oxygen atoms in total. The molecule has 138 valence electrons. The van der Waals surface area contributed by atoms with Gasteiger partial charge in [-0.1, -0.05) is 30.3 Å². The van der Waals surface area contributed by atoms with Gasteiger partial charge < -0.3 is 9.64 Å². The number of benzene rings is 2. The molecule has 2 aromatic carbocycles. The molecule has 1 aliphatic rings. The third-order valence-corrected chi connectivity index (χ3v) is 5.12. The summed E-state index contributed by atoms with van der Waals surface area (Å²) in [6.07, 6.45) is 2.61. The molecule has 0 saturated heterocycles. The molecule has 0 bridgehead atoms. The summed E-state index contributed by atoms with van der Waals surface area (Å²) in [6, 6.07) is 17.6. The molecule has 0 atom stereocenters. The van der Waals surface area contributed by atoms with Crippen LogP contribution in [-0.4, -0.2) is 28.6 Å². The number of pyridine rings is 1. The van der Waals surface area contributed by atoms with Crippen LogP contribution >= 0.6 is 0 Å². The number of nitrogens with zero attached hydrogens (tertiary/aromatic N) is 3. The van der Waals surface area contributed by atoms with Crippen LogP contribution in [0.2, 0.25) is 0 Å². The number of aromatic nitrogens is 3. The summed E-state index contributed by atoms with van der Waals surface area (Å²) < 4.78 is 5.31. The van der Waals surface area contributed by atoms with Gasteiger partial charge in [0.2, 0.25) is 5.95 Å². The smallest absolute Gasteiger partial charge is 0.262 e. The van der Waals surface area contributed by atoms with E-state index in [1.807, 2.05) is 53.4 Å². The van der Waals surface area contributed by atoms with Crippen LogP contribution in [0, 0.1) is 0 Å². The van der Waals surface area contributed by atoms with Crippen molar-refractivity contribution < 1.29 is 4.74 Å². The van der Waals surface area contributed by atoms with Crippen LogP contribution in [0.25, 0.3) is 22.2 Å². The van der Waals surface area contributed by atoms with E-state index in [1.165, 1.54) is 5.56 Å². The second-order valence-corrected chi connectivity index (χ2v) is 6.71. The minimum atomic E-state index is -0.199. The lowest BCUT2D eigenvalue weighted by molar-refractivity contribution is 0.415. The molecule has 0 radical (unpaired) electrons. The van der Waals surface area contributed by atoms with E-state index in [2.05, 4.69) is 21.0 Å². The van der Waals surface area contributed by atoms with Crippen molar-refractivity contribution in [2.24, 2.45) is 0 Å². The first-order valence-electron chi connectivity index (χ1n) is 9.13. The number of H-pyrrole nitrogens is 1. The Morgan fingerprint density at radius 3 is 2.89 bits per heavy atom. The minimum Gasteiger partial charge on any atom is -0.497 e. The van der Waals surface area contributed by atoms with Crippen LogP contribution in [0.1, 0.15) is 5.56 Å². The van der Waals surface area contributed by atoms with Crippen molar-refractivity contribution in [1.29, 1.82) is 0 Å². The first-order valence-corrected chi connectivity index (χ1v) is 9.13. The number of aromatic amines is 1. The zero-order chi connectivity index (χ0) is 19.1. The van der Waals surface area contributed by atoms with Crippen LogP contribution in [-0.2, 0) is 6.42 Å². The van der Waals surface area contributed by atoms with E-state index in [-0.39, 0.29) is 5.56 Å². The van der Waals surface area contributed by atoms with Gasteiger partial charge in [-0.3, -0.25) is 9.78 Å². The monoisotopic (exact) mass is 370 g/mol. The molecule has 0 saturated carbocycles. The molecular formula is C22H18N4O2. The summed E-state index contributed by atoms with van der Waals surface area (Å²) in [5.74, 6) is 1.26. The van der Waals surface area contributed by atoms with Crippen LogP contribution in [0.15, 0.2) is 65.6 Å². The number of anilines is 2. The van der Waals surface area contributed by atoms with Crippen molar-refractivity contribution >= 4 is 22.7 Å². The van der Waals surface area contributed by atoms with Gasteiger partial charge in [0.25, 0.3) is 5.56 Å². The molecule has 6 heteroatoms. The Morgan fingerprint density at radius 2 is 2.00 bits per heavy atom. The maximum absolute atomic E-state index is 13.0. The number of hydrogen-bond acceptors (Lipinski definition) is 5. The minimum absolute atomic E-state index is 0.199. The van der Waals surface area contributed by atoms with Crippen molar-refractivity contribution in [1.82, 2.24) is 15.0 Å². The third-order valence-electron chi connectivity index (χ3n) is 5.12. The Kier molecular flexibility index (Phi) is 3.83. The summed E-state index contributed by atoms with van der Waals surface area (Å²) in [6.45, 7) is 0.781. The Morgan fingerprint density at radius 1 is 1.11 bits per heavy atom. The Labute approximate surface area is 161 Å². The van der Waals surface area contributed by atoms with E-state index >= 15 is 0 Å². The molecule has 4 aromatic rings. The number of rotatable bonds is 3. The standard InChI is InChI=1S/C22H18N4O2/c1-28-16-7-4-6-15(13-16)17-9-11-23-20-19(17)21(27)25-22(24-20)26-12-10-14-5-2-3-8-18(14)26/h2-9,11,13H,10,12H2,1H3,(H,23,24,25,27). The molecule has 2 aromatic heterocycles. The quantitative estimate of drug-likeness (QED) is 0.596.